The van der Waals surface area contributed by atoms with Gasteiger partial charge in [0.2, 0.25) is 5.91 Å². The number of rotatable bonds is 4. The number of hydrogen-bond acceptors (Lipinski definition) is 4. The van der Waals surface area contributed by atoms with Gasteiger partial charge in [0.15, 0.2) is 6.10 Å². The summed E-state index contributed by atoms with van der Waals surface area (Å²) in [6.07, 6.45) is -0.646. The number of carbonyl (C=O) groups excluding carboxylic acids is 1. The Hall–Kier alpha value is -1.40. The van der Waals surface area contributed by atoms with Crippen LogP contribution in [0, 0.1) is 0 Å². The second-order valence-corrected chi connectivity index (χ2v) is 5.25. The molecule has 1 amide bonds. The number of carboxylic acids is 1. The van der Waals surface area contributed by atoms with Crippen LogP contribution in [0.3, 0.4) is 0 Å². The highest BCUT2D eigenvalue weighted by molar-refractivity contribution is 7.10. The lowest BCUT2D eigenvalue weighted by Crippen LogP contribution is -2.36. The average Bonchev–Trinajstić information content (AvgIpc) is 3.00. The van der Waals surface area contributed by atoms with Gasteiger partial charge in [-0.1, -0.05) is 6.07 Å². The molecule has 6 heteroatoms. The minimum Gasteiger partial charge on any atom is -0.479 e. The van der Waals surface area contributed by atoms with Crippen LogP contribution in [0.15, 0.2) is 17.5 Å². The van der Waals surface area contributed by atoms with Crippen molar-refractivity contribution >= 4 is 23.2 Å². The first-order valence-electron chi connectivity index (χ1n) is 5.80. The Balaban J connectivity index is 1.87. The third-order valence-corrected chi connectivity index (χ3v) is 3.97. The molecule has 0 unspecified atom stereocenters. The van der Waals surface area contributed by atoms with Crippen molar-refractivity contribution in [2.75, 3.05) is 0 Å². The topological polar surface area (TPSA) is 75.6 Å². The van der Waals surface area contributed by atoms with Gasteiger partial charge in [-0.15, -0.1) is 11.3 Å². The third-order valence-electron chi connectivity index (χ3n) is 2.92. The number of aliphatic carboxylic acids is 1. The van der Waals surface area contributed by atoms with Crippen LogP contribution in [0.25, 0.3) is 0 Å². The average molecular weight is 269 g/mol. The van der Waals surface area contributed by atoms with Gasteiger partial charge in [-0.2, -0.15) is 0 Å². The van der Waals surface area contributed by atoms with E-state index in [-0.39, 0.29) is 11.9 Å². The lowest BCUT2D eigenvalue weighted by Gasteiger charge is -2.16. The Morgan fingerprint density at radius 1 is 1.50 bits per heavy atom. The van der Waals surface area contributed by atoms with Gasteiger partial charge in [0.05, 0.1) is 6.04 Å². The van der Waals surface area contributed by atoms with Crippen molar-refractivity contribution < 1.29 is 19.4 Å². The monoisotopic (exact) mass is 269 g/mol. The highest BCUT2D eigenvalue weighted by atomic mass is 32.1. The van der Waals surface area contributed by atoms with E-state index in [0.29, 0.717) is 12.8 Å². The molecular formula is C12H15NO4S. The molecule has 1 aromatic heterocycles. The number of nitrogens with one attached hydrogen (secondary N) is 1. The molecule has 0 saturated carbocycles. The first kappa shape index (κ1) is 13.0. The number of hydrogen-bond donors (Lipinski definition) is 2. The van der Waals surface area contributed by atoms with Gasteiger partial charge in [0, 0.05) is 4.88 Å². The molecule has 0 aliphatic carbocycles. The van der Waals surface area contributed by atoms with Gasteiger partial charge in [-0.05, 0) is 31.2 Å². The number of amides is 1. The predicted molar refractivity (Wildman–Crippen MR) is 66.4 cm³/mol. The standard InChI is InChI=1S/C12H15NO4S/c1-7(10-3-2-6-18-10)13-11(14)8-4-5-9(17-8)12(15)16/h2-3,6-9H,4-5H2,1H3,(H,13,14)(H,15,16)/t7-,8-,9+/m0/s1. The maximum Gasteiger partial charge on any atom is 0.332 e. The highest BCUT2D eigenvalue weighted by Crippen LogP contribution is 2.22. The number of ether oxygens (including phenoxy) is 1. The van der Waals surface area contributed by atoms with E-state index in [1.54, 1.807) is 11.3 Å². The molecule has 1 aliphatic rings. The fraction of sp³-hybridized carbons (Fsp3) is 0.500. The molecule has 5 nitrogen and oxygen atoms in total. The van der Waals surface area contributed by atoms with Crippen LogP contribution < -0.4 is 5.32 Å². The van der Waals surface area contributed by atoms with Gasteiger partial charge >= 0.3 is 5.97 Å². The highest BCUT2D eigenvalue weighted by Gasteiger charge is 2.35. The summed E-state index contributed by atoms with van der Waals surface area (Å²) in [5, 5.41) is 13.6. The lowest BCUT2D eigenvalue weighted by molar-refractivity contribution is -0.151. The molecule has 3 atom stereocenters. The summed E-state index contributed by atoms with van der Waals surface area (Å²) in [6, 6.07) is 3.80. The van der Waals surface area contributed by atoms with Crippen LogP contribution in [-0.2, 0) is 14.3 Å². The molecule has 0 bridgehead atoms. The molecule has 0 radical (unpaired) electrons. The molecule has 0 spiro atoms. The fourth-order valence-corrected chi connectivity index (χ4v) is 2.66. The maximum atomic E-state index is 11.9. The van der Waals surface area contributed by atoms with E-state index in [2.05, 4.69) is 5.32 Å². The molecule has 98 valence electrons. The van der Waals surface area contributed by atoms with E-state index >= 15 is 0 Å². The molecule has 1 saturated heterocycles. The summed E-state index contributed by atoms with van der Waals surface area (Å²) >= 11 is 1.57. The van der Waals surface area contributed by atoms with Gasteiger partial charge in [0.25, 0.3) is 0 Å². The smallest absolute Gasteiger partial charge is 0.332 e. The normalized spacial score (nSPS) is 24.7. The summed E-state index contributed by atoms with van der Waals surface area (Å²) < 4.78 is 5.19. The van der Waals surface area contributed by atoms with Crippen LogP contribution in [0.1, 0.15) is 30.7 Å². The van der Waals surface area contributed by atoms with E-state index in [1.807, 2.05) is 24.4 Å². The molecule has 1 fully saturated rings. The Bertz CT molecular complexity index is 431. The summed E-state index contributed by atoms with van der Waals surface area (Å²) in [4.78, 5) is 23.7. The molecule has 18 heavy (non-hydrogen) atoms. The summed E-state index contributed by atoms with van der Waals surface area (Å²) in [5.74, 6) is -1.24. The van der Waals surface area contributed by atoms with E-state index < -0.39 is 18.2 Å². The van der Waals surface area contributed by atoms with Crippen LogP contribution in [0.5, 0.6) is 0 Å². The van der Waals surface area contributed by atoms with E-state index in [4.69, 9.17) is 9.84 Å². The molecule has 1 aliphatic heterocycles. The molecule has 2 N–H and O–H groups in total. The van der Waals surface area contributed by atoms with E-state index in [0.717, 1.165) is 4.88 Å². The van der Waals surface area contributed by atoms with Crippen LogP contribution in [0.2, 0.25) is 0 Å². The van der Waals surface area contributed by atoms with Crippen molar-refractivity contribution in [2.45, 2.75) is 38.0 Å². The number of carboxylic acid groups (broad SMARTS) is 1. The van der Waals surface area contributed by atoms with Crippen LogP contribution in [-0.4, -0.2) is 29.2 Å². The quantitative estimate of drug-likeness (QED) is 0.869. The Morgan fingerprint density at radius 2 is 2.22 bits per heavy atom. The number of carbonyl (C=O) groups is 2. The van der Waals surface area contributed by atoms with Gasteiger partial charge in [-0.3, -0.25) is 4.79 Å². The van der Waals surface area contributed by atoms with Gasteiger partial charge < -0.3 is 15.2 Å². The summed E-state index contributed by atoms with van der Waals surface area (Å²) in [6.45, 7) is 1.90. The first-order chi connectivity index (χ1) is 8.58. The predicted octanol–water partition coefficient (Wildman–Crippen LogP) is 1.56. The minimum atomic E-state index is -1.00. The van der Waals surface area contributed by atoms with Gasteiger partial charge in [-0.25, -0.2) is 4.79 Å². The first-order valence-corrected chi connectivity index (χ1v) is 6.68. The minimum absolute atomic E-state index is 0.0787. The van der Waals surface area contributed by atoms with Crippen molar-refractivity contribution in [3.05, 3.63) is 22.4 Å². The zero-order valence-electron chi connectivity index (χ0n) is 9.96. The maximum absolute atomic E-state index is 11.9. The lowest BCUT2D eigenvalue weighted by atomic mass is 10.2. The van der Waals surface area contributed by atoms with Crippen molar-refractivity contribution in [3.63, 3.8) is 0 Å². The largest absolute Gasteiger partial charge is 0.479 e. The Kier molecular flexibility index (Phi) is 3.98. The third kappa shape index (κ3) is 2.88. The molecule has 0 aromatic carbocycles. The zero-order valence-corrected chi connectivity index (χ0v) is 10.8. The van der Waals surface area contributed by atoms with E-state index in [9.17, 15) is 9.59 Å². The summed E-state index contributed by atoms with van der Waals surface area (Å²) in [5.41, 5.74) is 0. The Labute approximate surface area is 109 Å². The summed E-state index contributed by atoms with van der Waals surface area (Å²) in [7, 11) is 0. The van der Waals surface area contributed by atoms with Gasteiger partial charge in [0.1, 0.15) is 6.10 Å². The van der Waals surface area contributed by atoms with Crippen molar-refractivity contribution in [2.24, 2.45) is 0 Å². The fourth-order valence-electron chi connectivity index (χ4n) is 1.93. The second kappa shape index (κ2) is 5.49. The van der Waals surface area contributed by atoms with Crippen molar-refractivity contribution in [1.82, 2.24) is 5.32 Å². The Morgan fingerprint density at radius 3 is 2.78 bits per heavy atom. The SMILES string of the molecule is C[C@H](NC(=O)[C@@H]1CC[C@H](C(=O)O)O1)c1cccs1. The van der Waals surface area contributed by atoms with Crippen LogP contribution >= 0.6 is 11.3 Å². The van der Waals surface area contributed by atoms with Crippen molar-refractivity contribution in [3.8, 4) is 0 Å². The molecular weight excluding hydrogens is 254 g/mol. The van der Waals surface area contributed by atoms with Crippen molar-refractivity contribution in [1.29, 1.82) is 0 Å². The molecule has 2 heterocycles. The second-order valence-electron chi connectivity index (χ2n) is 4.27. The molecule has 1 aromatic rings. The molecule has 2 rings (SSSR count). The number of thiophene rings is 1. The van der Waals surface area contributed by atoms with Crippen LogP contribution in [0.4, 0.5) is 0 Å². The zero-order chi connectivity index (χ0) is 13.1. The van der Waals surface area contributed by atoms with E-state index in [1.165, 1.54) is 0 Å².